The van der Waals surface area contributed by atoms with Crippen LogP contribution in [0.4, 0.5) is 0 Å². The van der Waals surface area contributed by atoms with E-state index >= 15 is 0 Å². The van der Waals surface area contributed by atoms with Crippen molar-refractivity contribution in [1.82, 2.24) is 4.57 Å². The van der Waals surface area contributed by atoms with Crippen molar-refractivity contribution in [2.45, 2.75) is 19.9 Å². The Morgan fingerprint density at radius 2 is 1.74 bits per heavy atom. The molecule has 0 bridgehead atoms. The first kappa shape index (κ1) is 15.5. The monoisotopic (exact) mass is 307 g/mol. The van der Waals surface area contributed by atoms with Gasteiger partial charge in [0.2, 0.25) is 0 Å². The Bertz CT molecular complexity index is 833. The van der Waals surface area contributed by atoms with E-state index < -0.39 is 0 Å². The molecule has 3 nitrogen and oxygen atoms in total. The number of hydrogen-bond donors (Lipinski definition) is 0. The molecule has 23 heavy (non-hydrogen) atoms. The Morgan fingerprint density at radius 3 is 2.43 bits per heavy atom. The van der Waals surface area contributed by atoms with Crippen LogP contribution in [0.2, 0.25) is 0 Å². The second-order valence-corrected chi connectivity index (χ2v) is 5.85. The summed E-state index contributed by atoms with van der Waals surface area (Å²) in [4.78, 5) is 13.0. The molecule has 3 aromatic rings. The molecule has 0 aliphatic heterocycles. The van der Waals surface area contributed by atoms with Crippen molar-refractivity contribution >= 4 is 16.7 Å². The van der Waals surface area contributed by atoms with Gasteiger partial charge in [0, 0.05) is 29.3 Å². The summed E-state index contributed by atoms with van der Waals surface area (Å²) in [7, 11) is 1.70. The Hall–Kier alpha value is -2.39. The average molecular weight is 307 g/mol. The summed E-state index contributed by atoms with van der Waals surface area (Å²) in [5.74, 6) is 0.0719. The molecule has 0 N–H and O–H groups in total. The number of aromatic nitrogens is 1. The summed E-state index contributed by atoms with van der Waals surface area (Å²) in [6.07, 6.45) is 0. The van der Waals surface area contributed by atoms with Gasteiger partial charge in [0.05, 0.1) is 18.2 Å². The van der Waals surface area contributed by atoms with Gasteiger partial charge in [-0.3, -0.25) is 4.79 Å². The molecule has 0 saturated heterocycles. The normalized spacial score (nSPS) is 12.5. The predicted octanol–water partition coefficient (Wildman–Crippen LogP) is 4.39. The van der Waals surface area contributed by atoms with Crippen molar-refractivity contribution in [3.63, 3.8) is 0 Å². The first-order chi connectivity index (χ1) is 11.1. The van der Waals surface area contributed by atoms with Gasteiger partial charge in [-0.05, 0) is 19.9 Å². The van der Waals surface area contributed by atoms with Crippen molar-refractivity contribution in [2.24, 2.45) is 0 Å². The second kappa shape index (κ2) is 6.39. The van der Waals surface area contributed by atoms with Crippen LogP contribution in [0, 0.1) is 6.92 Å². The highest BCUT2D eigenvalue weighted by Gasteiger charge is 2.22. The molecular formula is C20H21NO2. The summed E-state index contributed by atoms with van der Waals surface area (Å²) in [5, 5.41) is 1.00. The molecule has 1 heterocycles. The van der Waals surface area contributed by atoms with Gasteiger partial charge in [0.1, 0.15) is 0 Å². The minimum atomic E-state index is 0.0719. The van der Waals surface area contributed by atoms with Crippen molar-refractivity contribution in [3.8, 4) is 0 Å². The third kappa shape index (κ3) is 2.68. The lowest BCUT2D eigenvalue weighted by atomic mass is 10.0. The van der Waals surface area contributed by atoms with Gasteiger partial charge < -0.3 is 9.30 Å². The van der Waals surface area contributed by atoms with Crippen LogP contribution < -0.4 is 0 Å². The Morgan fingerprint density at radius 1 is 1.09 bits per heavy atom. The lowest BCUT2D eigenvalue weighted by molar-refractivity contribution is 0.103. The lowest BCUT2D eigenvalue weighted by Crippen LogP contribution is -2.13. The van der Waals surface area contributed by atoms with Crippen LogP contribution in [-0.4, -0.2) is 24.1 Å². The molecule has 0 saturated carbocycles. The van der Waals surface area contributed by atoms with Gasteiger partial charge in [-0.25, -0.2) is 0 Å². The van der Waals surface area contributed by atoms with Crippen LogP contribution in [-0.2, 0) is 4.74 Å². The van der Waals surface area contributed by atoms with Gasteiger partial charge in [0.25, 0.3) is 0 Å². The first-order valence-corrected chi connectivity index (χ1v) is 7.83. The quantitative estimate of drug-likeness (QED) is 0.655. The number of carbonyl (C=O) groups is 1. The molecule has 0 amide bonds. The molecule has 1 atom stereocenters. The van der Waals surface area contributed by atoms with E-state index in [0.29, 0.717) is 6.61 Å². The minimum absolute atomic E-state index is 0.0719. The number of rotatable bonds is 5. The highest BCUT2D eigenvalue weighted by atomic mass is 16.5. The third-order valence-electron chi connectivity index (χ3n) is 4.27. The minimum Gasteiger partial charge on any atom is -0.383 e. The second-order valence-electron chi connectivity index (χ2n) is 5.85. The Kier molecular flexibility index (Phi) is 4.30. The number of ketones is 1. The SMILES string of the molecule is COC[C@@H](C)n1c(C)c(C(=O)c2ccccc2)c2ccccc21. The zero-order valence-corrected chi connectivity index (χ0v) is 13.7. The number of fused-ring (bicyclic) bond motifs is 1. The van der Waals surface area contributed by atoms with E-state index in [1.807, 2.05) is 55.5 Å². The van der Waals surface area contributed by atoms with Crippen molar-refractivity contribution in [3.05, 3.63) is 71.4 Å². The smallest absolute Gasteiger partial charge is 0.195 e. The van der Waals surface area contributed by atoms with Crippen LogP contribution in [0.5, 0.6) is 0 Å². The van der Waals surface area contributed by atoms with Crippen LogP contribution >= 0.6 is 0 Å². The summed E-state index contributed by atoms with van der Waals surface area (Å²) in [5.41, 5.74) is 3.58. The van der Waals surface area contributed by atoms with Gasteiger partial charge in [-0.2, -0.15) is 0 Å². The molecule has 0 spiro atoms. The van der Waals surface area contributed by atoms with Crippen LogP contribution in [0.15, 0.2) is 54.6 Å². The predicted molar refractivity (Wildman–Crippen MR) is 93.1 cm³/mol. The van der Waals surface area contributed by atoms with E-state index in [4.69, 9.17) is 4.74 Å². The van der Waals surface area contributed by atoms with Crippen LogP contribution in [0.25, 0.3) is 10.9 Å². The third-order valence-corrected chi connectivity index (χ3v) is 4.27. The molecule has 1 aromatic heterocycles. The first-order valence-electron chi connectivity index (χ1n) is 7.83. The number of benzene rings is 2. The lowest BCUT2D eigenvalue weighted by Gasteiger charge is -2.16. The Labute approximate surface area is 136 Å². The standard InChI is InChI=1S/C20H21NO2/c1-14(13-23-3)21-15(2)19(17-11-7-8-12-18(17)21)20(22)16-9-5-4-6-10-16/h4-12,14H,13H2,1-3H3/t14-/m1/s1. The highest BCUT2D eigenvalue weighted by Crippen LogP contribution is 2.30. The maximum Gasteiger partial charge on any atom is 0.195 e. The molecule has 0 radical (unpaired) electrons. The van der Waals surface area contributed by atoms with E-state index in [-0.39, 0.29) is 11.8 Å². The molecule has 0 unspecified atom stereocenters. The summed E-state index contributed by atoms with van der Waals surface area (Å²) >= 11 is 0. The van der Waals surface area contributed by atoms with Crippen LogP contribution in [0.3, 0.4) is 0 Å². The largest absolute Gasteiger partial charge is 0.383 e. The summed E-state index contributed by atoms with van der Waals surface area (Å²) < 4.78 is 7.51. The molecule has 2 aromatic carbocycles. The zero-order chi connectivity index (χ0) is 16.4. The number of carbonyl (C=O) groups excluding carboxylic acids is 1. The molecular weight excluding hydrogens is 286 g/mol. The van der Waals surface area contributed by atoms with E-state index in [9.17, 15) is 4.79 Å². The van der Waals surface area contributed by atoms with E-state index in [1.165, 1.54) is 0 Å². The van der Waals surface area contributed by atoms with E-state index in [0.717, 1.165) is 27.7 Å². The average Bonchev–Trinajstić information content (AvgIpc) is 2.87. The van der Waals surface area contributed by atoms with Gasteiger partial charge >= 0.3 is 0 Å². The summed E-state index contributed by atoms with van der Waals surface area (Å²) in [6, 6.07) is 17.7. The topological polar surface area (TPSA) is 31.2 Å². The summed E-state index contributed by atoms with van der Waals surface area (Å²) in [6.45, 7) is 4.74. The van der Waals surface area contributed by atoms with Gasteiger partial charge in [0.15, 0.2) is 5.78 Å². The van der Waals surface area contributed by atoms with Crippen molar-refractivity contribution in [2.75, 3.05) is 13.7 Å². The fraction of sp³-hybridized carbons (Fsp3) is 0.250. The molecule has 118 valence electrons. The number of methoxy groups -OCH3 is 1. The number of para-hydroxylation sites is 1. The molecule has 0 aliphatic rings. The molecule has 3 rings (SSSR count). The van der Waals surface area contributed by atoms with E-state index in [2.05, 4.69) is 17.6 Å². The molecule has 0 aliphatic carbocycles. The number of nitrogens with zero attached hydrogens (tertiary/aromatic N) is 1. The van der Waals surface area contributed by atoms with Crippen molar-refractivity contribution in [1.29, 1.82) is 0 Å². The van der Waals surface area contributed by atoms with Crippen LogP contribution in [0.1, 0.15) is 34.6 Å². The fourth-order valence-corrected chi connectivity index (χ4v) is 3.30. The fourth-order valence-electron chi connectivity index (χ4n) is 3.30. The highest BCUT2D eigenvalue weighted by molar-refractivity contribution is 6.17. The number of ether oxygens (including phenoxy) is 1. The van der Waals surface area contributed by atoms with Crippen molar-refractivity contribution < 1.29 is 9.53 Å². The number of hydrogen-bond acceptors (Lipinski definition) is 2. The maximum absolute atomic E-state index is 13.0. The van der Waals surface area contributed by atoms with Gasteiger partial charge in [-0.15, -0.1) is 0 Å². The van der Waals surface area contributed by atoms with E-state index in [1.54, 1.807) is 7.11 Å². The molecule has 3 heteroatoms. The molecule has 0 fully saturated rings. The van der Waals surface area contributed by atoms with Gasteiger partial charge in [-0.1, -0.05) is 48.5 Å². The maximum atomic E-state index is 13.0. The Balaban J connectivity index is 2.22. The zero-order valence-electron chi connectivity index (χ0n) is 13.7.